The van der Waals surface area contributed by atoms with Crippen LogP contribution >= 0.6 is 0 Å². The van der Waals surface area contributed by atoms with Crippen molar-refractivity contribution in [3.63, 3.8) is 0 Å². The number of anilines is 1. The summed E-state index contributed by atoms with van der Waals surface area (Å²) in [6.07, 6.45) is 2.89. The highest BCUT2D eigenvalue weighted by molar-refractivity contribution is 5.56. The Hall–Kier alpha value is -1.60. The molecule has 1 saturated heterocycles. The van der Waals surface area contributed by atoms with E-state index in [-0.39, 0.29) is 0 Å². The quantitative estimate of drug-likeness (QED) is 0.815. The van der Waals surface area contributed by atoms with Crippen molar-refractivity contribution in [1.29, 1.82) is 5.26 Å². The van der Waals surface area contributed by atoms with Gasteiger partial charge in [-0.1, -0.05) is 0 Å². The second kappa shape index (κ2) is 4.82. The molecule has 0 radical (unpaired) electrons. The molecule has 3 rings (SSSR count). The summed E-state index contributed by atoms with van der Waals surface area (Å²) in [4.78, 5) is 6.85. The van der Waals surface area contributed by atoms with E-state index >= 15 is 0 Å². The summed E-state index contributed by atoms with van der Waals surface area (Å²) in [5.74, 6) is 1.56. The number of pyridine rings is 1. The third-order valence-corrected chi connectivity index (χ3v) is 4.11. The molecule has 4 nitrogen and oxygen atoms in total. The van der Waals surface area contributed by atoms with Gasteiger partial charge in [-0.15, -0.1) is 0 Å². The van der Waals surface area contributed by atoms with E-state index in [1.807, 2.05) is 19.9 Å². The van der Waals surface area contributed by atoms with Crippen molar-refractivity contribution < 1.29 is 4.74 Å². The second-order valence-corrected chi connectivity index (χ2v) is 5.57. The Kier molecular flexibility index (Phi) is 3.16. The number of ether oxygens (including phenoxy) is 1. The lowest BCUT2D eigenvalue weighted by atomic mass is 10.1. The molecule has 2 aliphatic rings. The summed E-state index contributed by atoms with van der Waals surface area (Å²) in [6, 6.07) is 4.22. The fourth-order valence-corrected chi connectivity index (χ4v) is 2.64. The van der Waals surface area contributed by atoms with Crippen LogP contribution in [0.4, 0.5) is 5.82 Å². The number of nitriles is 1. The lowest BCUT2D eigenvalue weighted by molar-refractivity contribution is 0.0261. The van der Waals surface area contributed by atoms with Crippen LogP contribution in [-0.4, -0.2) is 30.8 Å². The zero-order valence-electron chi connectivity index (χ0n) is 11.5. The number of nitrogens with zero attached hydrogens (tertiary/aromatic N) is 3. The molecule has 100 valence electrons. The molecular formula is C15H19N3O. The smallest absolute Gasteiger partial charge is 0.146 e. The number of aryl methyl sites for hydroxylation is 2. The molecule has 1 saturated carbocycles. The van der Waals surface area contributed by atoms with Crippen LogP contribution in [0.15, 0.2) is 6.07 Å². The molecule has 2 heterocycles. The number of rotatable bonds is 2. The molecule has 1 atom stereocenters. The minimum atomic E-state index is 0.323. The molecule has 2 fully saturated rings. The normalized spacial score (nSPS) is 23.2. The highest BCUT2D eigenvalue weighted by Gasteiger charge is 2.36. The monoisotopic (exact) mass is 257 g/mol. The largest absolute Gasteiger partial charge is 0.374 e. The van der Waals surface area contributed by atoms with Gasteiger partial charge in [-0.2, -0.15) is 5.26 Å². The first-order valence-electron chi connectivity index (χ1n) is 6.94. The Morgan fingerprint density at radius 3 is 2.89 bits per heavy atom. The molecule has 1 aromatic heterocycles. The lowest BCUT2D eigenvalue weighted by Gasteiger charge is -2.34. The molecule has 4 heteroatoms. The van der Waals surface area contributed by atoms with E-state index in [9.17, 15) is 5.26 Å². The Labute approximate surface area is 114 Å². The minimum Gasteiger partial charge on any atom is -0.374 e. The van der Waals surface area contributed by atoms with Gasteiger partial charge < -0.3 is 9.64 Å². The fraction of sp³-hybridized carbons (Fsp3) is 0.600. The maximum Gasteiger partial charge on any atom is 0.146 e. The van der Waals surface area contributed by atoms with Crippen molar-refractivity contribution >= 4 is 5.82 Å². The highest BCUT2D eigenvalue weighted by atomic mass is 16.5. The van der Waals surface area contributed by atoms with E-state index in [0.717, 1.165) is 42.7 Å². The summed E-state index contributed by atoms with van der Waals surface area (Å²) in [7, 11) is 0. The van der Waals surface area contributed by atoms with Crippen LogP contribution in [-0.2, 0) is 4.74 Å². The van der Waals surface area contributed by atoms with E-state index in [1.165, 1.54) is 12.8 Å². The summed E-state index contributed by atoms with van der Waals surface area (Å²) in [5.41, 5.74) is 2.76. The van der Waals surface area contributed by atoms with Gasteiger partial charge >= 0.3 is 0 Å². The van der Waals surface area contributed by atoms with Crippen LogP contribution in [0.5, 0.6) is 0 Å². The van der Waals surface area contributed by atoms with E-state index < -0.39 is 0 Å². The van der Waals surface area contributed by atoms with Crippen LogP contribution in [0, 0.1) is 31.1 Å². The van der Waals surface area contributed by atoms with Crippen LogP contribution in [0.25, 0.3) is 0 Å². The summed E-state index contributed by atoms with van der Waals surface area (Å²) >= 11 is 0. The molecule has 1 aliphatic heterocycles. The van der Waals surface area contributed by atoms with Crippen molar-refractivity contribution in [3.05, 3.63) is 22.9 Å². The first-order valence-corrected chi connectivity index (χ1v) is 6.94. The van der Waals surface area contributed by atoms with Crippen LogP contribution in [0.1, 0.15) is 29.7 Å². The molecule has 0 amide bonds. The van der Waals surface area contributed by atoms with Crippen molar-refractivity contribution in [2.24, 2.45) is 5.92 Å². The van der Waals surface area contributed by atoms with Crippen molar-refractivity contribution in [1.82, 2.24) is 4.98 Å². The van der Waals surface area contributed by atoms with Gasteiger partial charge in [0.05, 0.1) is 18.3 Å². The first kappa shape index (κ1) is 12.4. The SMILES string of the molecule is Cc1cc(C#N)c(N2CCO[C@@H](C3CC3)C2)nc1C. The maximum atomic E-state index is 9.30. The zero-order valence-corrected chi connectivity index (χ0v) is 11.5. The predicted molar refractivity (Wildman–Crippen MR) is 73.1 cm³/mol. The molecule has 0 aromatic carbocycles. The summed E-state index contributed by atoms with van der Waals surface area (Å²) in [5, 5.41) is 9.30. The lowest BCUT2D eigenvalue weighted by Crippen LogP contribution is -2.44. The molecular weight excluding hydrogens is 238 g/mol. The summed E-state index contributed by atoms with van der Waals surface area (Å²) < 4.78 is 5.83. The first-order chi connectivity index (χ1) is 9.19. The second-order valence-electron chi connectivity index (χ2n) is 5.57. The zero-order chi connectivity index (χ0) is 13.4. The third kappa shape index (κ3) is 2.43. The number of morpholine rings is 1. The molecule has 19 heavy (non-hydrogen) atoms. The average molecular weight is 257 g/mol. The van der Waals surface area contributed by atoms with E-state index in [2.05, 4.69) is 16.0 Å². The van der Waals surface area contributed by atoms with Gasteiger partial charge in [0.25, 0.3) is 0 Å². The number of aromatic nitrogens is 1. The number of hydrogen-bond donors (Lipinski definition) is 0. The van der Waals surface area contributed by atoms with Gasteiger partial charge in [0, 0.05) is 18.8 Å². The molecule has 0 N–H and O–H groups in total. The van der Waals surface area contributed by atoms with Gasteiger partial charge in [0.2, 0.25) is 0 Å². The molecule has 0 bridgehead atoms. The van der Waals surface area contributed by atoms with Gasteiger partial charge in [0.15, 0.2) is 0 Å². The van der Waals surface area contributed by atoms with E-state index in [0.29, 0.717) is 11.7 Å². The minimum absolute atomic E-state index is 0.323. The Bertz CT molecular complexity index is 531. The highest BCUT2D eigenvalue weighted by Crippen LogP contribution is 2.36. The Morgan fingerprint density at radius 2 is 2.21 bits per heavy atom. The Balaban J connectivity index is 1.88. The van der Waals surface area contributed by atoms with Crippen LogP contribution in [0.2, 0.25) is 0 Å². The molecule has 0 spiro atoms. The van der Waals surface area contributed by atoms with E-state index in [1.54, 1.807) is 0 Å². The molecule has 1 aromatic rings. The van der Waals surface area contributed by atoms with Crippen molar-refractivity contribution in [2.75, 3.05) is 24.6 Å². The van der Waals surface area contributed by atoms with Gasteiger partial charge in [-0.05, 0) is 44.2 Å². The topological polar surface area (TPSA) is 49.2 Å². The standard InChI is InChI=1S/C15H19N3O/c1-10-7-13(8-16)15(17-11(10)2)18-5-6-19-14(9-18)12-3-4-12/h7,12,14H,3-6,9H2,1-2H3/t14-/m1/s1. The van der Waals surface area contributed by atoms with Gasteiger partial charge in [-0.25, -0.2) is 4.98 Å². The van der Waals surface area contributed by atoms with Crippen molar-refractivity contribution in [2.45, 2.75) is 32.8 Å². The van der Waals surface area contributed by atoms with E-state index in [4.69, 9.17) is 4.74 Å². The average Bonchev–Trinajstić information content (AvgIpc) is 3.26. The number of hydrogen-bond acceptors (Lipinski definition) is 4. The van der Waals surface area contributed by atoms with Crippen LogP contribution < -0.4 is 4.90 Å². The third-order valence-electron chi connectivity index (χ3n) is 4.11. The predicted octanol–water partition coefficient (Wildman–Crippen LogP) is 2.19. The van der Waals surface area contributed by atoms with Crippen molar-refractivity contribution in [3.8, 4) is 6.07 Å². The van der Waals surface area contributed by atoms with Crippen LogP contribution in [0.3, 0.4) is 0 Å². The fourth-order valence-electron chi connectivity index (χ4n) is 2.64. The Morgan fingerprint density at radius 1 is 1.42 bits per heavy atom. The molecule has 0 unspecified atom stereocenters. The summed E-state index contributed by atoms with van der Waals surface area (Å²) in [6.45, 7) is 6.43. The maximum absolute atomic E-state index is 9.30. The van der Waals surface area contributed by atoms with Gasteiger partial charge in [0.1, 0.15) is 11.9 Å². The molecule has 1 aliphatic carbocycles. The van der Waals surface area contributed by atoms with Gasteiger partial charge in [-0.3, -0.25) is 0 Å².